The van der Waals surface area contributed by atoms with Crippen LogP contribution in [-0.2, 0) is 4.74 Å². The summed E-state index contributed by atoms with van der Waals surface area (Å²) in [7, 11) is 0. The first-order chi connectivity index (χ1) is 10.3. The third-order valence-corrected chi connectivity index (χ3v) is 4.89. The molecule has 1 aromatic carbocycles. The smallest absolute Gasteiger partial charge is 0.0619 e. The number of benzene rings is 1. The van der Waals surface area contributed by atoms with Gasteiger partial charge >= 0.3 is 0 Å². The molecular formula is C18H28N2O. The summed E-state index contributed by atoms with van der Waals surface area (Å²) in [6.45, 7) is 8.23. The van der Waals surface area contributed by atoms with Gasteiger partial charge in [-0.05, 0) is 38.2 Å². The number of rotatable bonds is 6. The summed E-state index contributed by atoms with van der Waals surface area (Å²) in [6, 6.07) is 12.5. The molecule has 21 heavy (non-hydrogen) atoms. The van der Waals surface area contributed by atoms with Gasteiger partial charge in [0, 0.05) is 37.8 Å². The first-order valence-corrected chi connectivity index (χ1v) is 8.41. The van der Waals surface area contributed by atoms with E-state index in [4.69, 9.17) is 4.74 Å². The number of ether oxygens (including phenoxy) is 1. The van der Waals surface area contributed by atoms with E-state index in [0.717, 1.165) is 32.2 Å². The Morgan fingerprint density at radius 3 is 2.71 bits per heavy atom. The van der Waals surface area contributed by atoms with Gasteiger partial charge in [-0.2, -0.15) is 0 Å². The second kappa shape index (κ2) is 6.91. The number of piperazine rings is 1. The van der Waals surface area contributed by atoms with Gasteiger partial charge in [-0.15, -0.1) is 0 Å². The summed E-state index contributed by atoms with van der Waals surface area (Å²) in [5.74, 6) is 0.906. The molecule has 3 heteroatoms. The zero-order valence-electron chi connectivity index (χ0n) is 13.3. The lowest BCUT2D eigenvalue weighted by molar-refractivity contribution is 0.0248. The quantitative estimate of drug-likeness (QED) is 0.871. The zero-order valence-corrected chi connectivity index (χ0v) is 13.3. The second-order valence-corrected chi connectivity index (χ2v) is 6.48. The lowest BCUT2D eigenvalue weighted by atomic mass is 9.97. The van der Waals surface area contributed by atoms with E-state index in [0.29, 0.717) is 18.1 Å². The molecule has 0 amide bonds. The van der Waals surface area contributed by atoms with Gasteiger partial charge in [0.2, 0.25) is 0 Å². The number of nitrogens with one attached hydrogen (secondary N) is 1. The summed E-state index contributed by atoms with van der Waals surface area (Å²) in [5, 5.41) is 3.79. The molecule has 2 aliphatic rings. The maximum Gasteiger partial charge on any atom is 0.0619 e. The van der Waals surface area contributed by atoms with Crippen LogP contribution in [0.2, 0.25) is 0 Å². The minimum atomic E-state index is 0.469. The maximum absolute atomic E-state index is 5.68. The van der Waals surface area contributed by atoms with E-state index in [2.05, 4.69) is 54.4 Å². The van der Waals surface area contributed by atoms with Crippen molar-refractivity contribution in [2.24, 2.45) is 5.92 Å². The first kappa shape index (κ1) is 15.0. The van der Waals surface area contributed by atoms with E-state index in [1.807, 2.05) is 0 Å². The molecule has 3 nitrogen and oxygen atoms in total. The molecule has 3 atom stereocenters. The molecule has 0 aromatic heterocycles. The Labute approximate surface area is 128 Å². The molecule has 3 unspecified atom stereocenters. The summed E-state index contributed by atoms with van der Waals surface area (Å²) in [6.07, 6.45) is 2.81. The first-order valence-electron chi connectivity index (χ1n) is 8.41. The van der Waals surface area contributed by atoms with E-state index in [1.54, 1.807) is 0 Å². The molecule has 2 fully saturated rings. The van der Waals surface area contributed by atoms with Crippen molar-refractivity contribution < 1.29 is 4.74 Å². The van der Waals surface area contributed by atoms with Gasteiger partial charge < -0.3 is 10.1 Å². The van der Waals surface area contributed by atoms with E-state index >= 15 is 0 Å². The van der Waals surface area contributed by atoms with Gasteiger partial charge in [0.25, 0.3) is 0 Å². The summed E-state index contributed by atoms with van der Waals surface area (Å²) in [5.41, 5.74) is 1.42. The fraction of sp³-hybridized carbons (Fsp3) is 0.667. The molecule has 0 bridgehead atoms. The van der Waals surface area contributed by atoms with Crippen molar-refractivity contribution in [2.75, 3.05) is 26.3 Å². The van der Waals surface area contributed by atoms with Crippen molar-refractivity contribution in [3.8, 4) is 0 Å². The standard InChI is InChI=1S/C18H28N2O/c1-3-21-13-14(2)20-12-17(15-9-10-15)19-11-18(20)16-7-5-4-6-8-16/h4-8,14-15,17-19H,3,9-13H2,1-2H3. The van der Waals surface area contributed by atoms with Crippen LogP contribution in [-0.4, -0.2) is 43.3 Å². The minimum Gasteiger partial charge on any atom is -0.380 e. The van der Waals surface area contributed by atoms with Crippen molar-refractivity contribution in [1.29, 1.82) is 0 Å². The van der Waals surface area contributed by atoms with E-state index < -0.39 is 0 Å². The van der Waals surface area contributed by atoms with Gasteiger partial charge in [-0.3, -0.25) is 4.90 Å². The topological polar surface area (TPSA) is 24.5 Å². The number of hydrogen-bond acceptors (Lipinski definition) is 3. The van der Waals surface area contributed by atoms with Gasteiger partial charge in [0.15, 0.2) is 0 Å². The SMILES string of the molecule is CCOCC(C)N1CC(C2CC2)NCC1c1ccccc1. The molecule has 1 aliphatic carbocycles. The van der Waals surface area contributed by atoms with Gasteiger partial charge in [0.1, 0.15) is 0 Å². The summed E-state index contributed by atoms with van der Waals surface area (Å²) >= 11 is 0. The predicted molar refractivity (Wildman–Crippen MR) is 86.4 cm³/mol. The number of hydrogen-bond donors (Lipinski definition) is 1. The Morgan fingerprint density at radius 1 is 1.29 bits per heavy atom. The van der Waals surface area contributed by atoms with Crippen LogP contribution in [0.1, 0.15) is 38.3 Å². The fourth-order valence-electron chi connectivity index (χ4n) is 3.47. The molecule has 1 saturated heterocycles. The van der Waals surface area contributed by atoms with Gasteiger partial charge in [-0.25, -0.2) is 0 Å². The largest absolute Gasteiger partial charge is 0.380 e. The highest BCUT2D eigenvalue weighted by Gasteiger charge is 2.38. The molecule has 1 saturated carbocycles. The van der Waals surface area contributed by atoms with Gasteiger partial charge in [-0.1, -0.05) is 30.3 Å². The maximum atomic E-state index is 5.68. The van der Waals surface area contributed by atoms with E-state index in [1.165, 1.54) is 18.4 Å². The second-order valence-electron chi connectivity index (χ2n) is 6.48. The fourth-order valence-corrected chi connectivity index (χ4v) is 3.47. The van der Waals surface area contributed by atoms with Crippen molar-refractivity contribution >= 4 is 0 Å². The van der Waals surface area contributed by atoms with Crippen LogP contribution in [0.5, 0.6) is 0 Å². The monoisotopic (exact) mass is 288 g/mol. The lowest BCUT2D eigenvalue weighted by Gasteiger charge is -2.44. The van der Waals surface area contributed by atoms with Crippen LogP contribution in [0.25, 0.3) is 0 Å². The van der Waals surface area contributed by atoms with Crippen LogP contribution in [0.4, 0.5) is 0 Å². The molecule has 3 rings (SSSR count). The molecule has 1 aliphatic heterocycles. The van der Waals surface area contributed by atoms with Crippen LogP contribution >= 0.6 is 0 Å². The Bertz CT molecular complexity index is 432. The molecule has 116 valence electrons. The van der Waals surface area contributed by atoms with Crippen LogP contribution < -0.4 is 5.32 Å². The van der Waals surface area contributed by atoms with Crippen LogP contribution in [0.3, 0.4) is 0 Å². The zero-order chi connectivity index (χ0) is 14.7. The lowest BCUT2D eigenvalue weighted by Crippen LogP contribution is -2.56. The molecule has 1 aromatic rings. The Morgan fingerprint density at radius 2 is 2.05 bits per heavy atom. The molecule has 0 radical (unpaired) electrons. The Kier molecular flexibility index (Phi) is 4.94. The van der Waals surface area contributed by atoms with E-state index in [-0.39, 0.29) is 0 Å². The third kappa shape index (κ3) is 3.65. The number of nitrogens with zero attached hydrogens (tertiary/aromatic N) is 1. The van der Waals surface area contributed by atoms with Crippen molar-refractivity contribution in [3.63, 3.8) is 0 Å². The third-order valence-electron chi connectivity index (χ3n) is 4.89. The van der Waals surface area contributed by atoms with Crippen LogP contribution in [0.15, 0.2) is 30.3 Å². The molecule has 1 heterocycles. The summed E-state index contributed by atoms with van der Waals surface area (Å²) < 4.78 is 5.68. The van der Waals surface area contributed by atoms with Gasteiger partial charge in [0.05, 0.1) is 6.61 Å². The molecular weight excluding hydrogens is 260 g/mol. The normalized spacial score (nSPS) is 28.5. The van der Waals surface area contributed by atoms with Crippen molar-refractivity contribution in [3.05, 3.63) is 35.9 Å². The highest BCUT2D eigenvalue weighted by molar-refractivity contribution is 5.21. The highest BCUT2D eigenvalue weighted by atomic mass is 16.5. The van der Waals surface area contributed by atoms with E-state index in [9.17, 15) is 0 Å². The summed E-state index contributed by atoms with van der Waals surface area (Å²) in [4.78, 5) is 2.66. The Balaban J connectivity index is 1.73. The minimum absolute atomic E-state index is 0.469. The highest BCUT2D eigenvalue weighted by Crippen LogP contribution is 2.36. The van der Waals surface area contributed by atoms with Crippen molar-refractivity contribution in [2.45, 2.75) is 44.8 Å². The average molecular weight is 288 g/mol. The molecule has 1 N–H and O–H groups in total. The predicted octanol–water partition coefficient (Wildman–Crippen LogP) is 2.84. The average Bonchev–Trinajstić information content (AvgIpc) is 3.38. The van der Waals surface area contributed by atoms with Crippen LogP contribution in [0, 0.1) is 5.92 Å². The molecule has 0 spiro atoms. The van der Waals surface area contributed by atoms with Crippen molar-refractivity contribution in [1.82, 2.24) is 10.2 Å². The Hall–Kier alpha value is -0.900.